The first-order chi connectivity index (χ1) is 9.81. The molecule has 2 aromatic rings. The maximum Gasteiger partial charge on any atom is 0.257 e. The molecule has 0 fully saturated rings. The van der Waals surface area contributed by atoms with E-state index < -0.39 is 10.0 Å². The lowest BCUT2D eigenvalue weighted by atomic mass is 10.2. The molecule has 2 N–H and O–H groups in total. The largest absolute Gasteiger partial charge is 0.329 e. The summed E-state index contributed by atoms with van der Waals surface area (Å²) >= 11 is 3.35. The number of nitrogens with two attached hydrogens (primary N) is 1. The third-order valence-electron chi connectivity index (χ3n) is 2.95. The van der Waals surface area contributed by atoms with Gasteiger partial charge < -0.3 is 4.57 Å². The van der Waals surface area contributed by atoms with Gasteiger partial charge in [-0.1, -0.05) is 22.9 Å². The van der Waals surface area contributed by atoms with Crippen molar-refractivity contribution in [3.8, 4) is 0 Å². The molecule has 0 radical (unpaired) electrons. The highest BCUT2D eigenvalue weighted by Crippen LogP contribution is 2.20. The summed E-state index contributed by atoms with van der Waals surface area (Å²) in [4.78, 5) is 4.06. The van der Waals surface area contributed by atoms with Crippen LogP contribution in [0.3, 0.4) is 0 Å². The molecule has 1 aromatic heterocycles. The summed E-state index contributed by atoms with van der Waals surface area (Å²) < 4.78 is 38.6. The molecule has 8 heteroatoms. The van der Waals surface area contributed by atoms with Gasteiger partial charge in [-0.2, -0.15) is 0 Å². The van der Waals surface area contributed by atoms with E-state index in [9.17, 15) is 12.8 Å². The number of primary sulfonamides is 1. The molecule has 0 aliphatic heterocycles. The van der Waals surface area contributed by atoms with E-state index in [4.69, 9.17) is 5.14 Å². The maximum absolute atomic E-state index is 13.3. The third-order valence-corrected chi connectivity index (χ3v) is 4.50. The molecule has 1 aromatic carbocycles. The molecule has 2 rings (SSSR count). The standard InChI is InChI=1S/C13H15BrFN3O2S/c1-2-3-12-17-13(21(16,19)20)8-18(12)7-9-6-10(15)4-5-11(9)14/h4-6,8H,2-3,7H2,1H3,(H2,16,19,20). The van der Waals surface area contributed by atoms with Crippen LogP contribution in [0.2, 0.25) is 0 Å². The van der Waals surface area contributed by atoms with Crippen LogP contribution in [0.15, 0.2) is 33.9 Å². The predicted molar refractivity (Wildman–Crippen MR) is 80.8 cm³/mol. The number of aromatic nitrogens is 2. The summed E-state index contributed by atoms with van der Waals surface area (Å²) in [6.45, 7) is 2.28. The van der Waals surface area contributed by atoms with E-state index in [-0.39, 0.29) is 10.8 Å². The van der Waals surface area contributed by atoms with Gasteiger partial charge in [-0.05, 0) is 30.2 Å². The normalized spacial score (nSPS) is 11.8. The minimum absolute atomic E-state index is 0.168. The van der Waals surface area contributed by atoms with Crippen molar-refractivity contribution >= 4 is 26.0 Å². The van der Waals surface area contributed by atoms with Crippen molar-refractivity contribution in [3.63, 3.8) is 0 Å². The number of aryl methyl sites for hydroxylation is 1. The van der Waals surface area contributed by atoms with Crippen LogP contribution in [-0.4, -0.2) is 18.0 Å². The Balaban J connectivity index is 2.43. The number of imidazole rings is 1. The smallest absolute Gasteiger partial charge is 0.257 e. The summed E-state index contributed by atoms with van der Waals surface area (Å²) in [5.74, 6) is 0.259. The molecule has 21 heavy (non-hydrogen) atoms. The van der Waals surface area contributed by atoms with Crippen molar-refractivity contribution in [2.24, 2.45) is 5.14 Å². The fourth-order valence-electron chi connectivity index (χ4n) is 1.97. The Labute approximate surface area is 131 Å². The van der Waals surface area contributed by atoms with Crippen LogP contribution in [0.25, 0.3) is 0 Å². The number of rotatable bonds is 5. The Morgan fingerprint density at radius 1 is 1.43 bits per heavy atom. The van der Waals surface area contributed by atoms with Crippen LogP contribution in [-0.2, 0) is 23.0 Å². The van der Waals surface area contributed by atoms with Crippen LogP contribution >= 0.6 is 15.9 Å². The second-order valence-electron chi connectivity index (χ2n) is 4.65. The SMILES string of the molecule is CCCc1nc(S(N)(=O)=O)cn1Cc1cc(F)ccc1Br. The number of sulfonamides is 1. The van der Waals surface area contributed by atoms with Gasteiger partial charge in [0.25, 0.3) is 10.0 Å². The molecule has 0 amide bonds. The lowest BCUT2D eigenvalue weighted by molar-refractivity contribution is 0.594. The fraction of sp³-hybridized carbons (Fsp3) is 0.308. The van der Waals surface area contributed by atoms with E-state index >= 15 is 0 Å². The quantitative estimate of drug-likeness (QED) is 0.871. The Morgan fingerprint density at radius 2 is 2.14 bits per heavy atom. The van der Waals surface area contributed by atoms with E-state index in [1.807, 2.05) is 6.92 Å². The molecule has 0 aliphatic carbocycles. The number of nitrogens with zero attached hydrogens (tertiary/aromatic N) is 2. The molecule has 0 aliphatic rings. The number of hydrogen-bond acceptors (Lipinski definition) is 3. The van der Waals surface area contributed by atoms with Crippen LogP contribution < -0.4 is 5.14 Å². The monoisotopic (exact) mass is 375 g/mol. The fourth-order valence-corrected chi connectivity index (χ4v) is 2.85. The molecule has 0 unspecified atom stereocenters. The van der Waals surface area contributed by atoms with E-state index in [1.54, 1.807) is 10.6 Å². The minimum Gasteiger partial charge on any atom is -0.329 e. The van der Waals surface area contributed by atoms with Gasteiger partial charge in [0.15, 0.2) is 5.03 Å². The van der Waals surface area contributed by atoms with Crippen LogP contribution in [0.5, 0.6) is 0 Å². The molecule has 0 bridgehead atoms. The Hall–Kier alpha value is -1.25. The van der Waals surface area contributed by atoms with Crippen molar-refractivity contribution in [1.82, 2.24) is 9.55 Å². The van der Waals surface area contributed by atoms with Gasteiger partial charge in [0.05, 0.1) is 6.54 Å². The van der Waals surface area contributed by atoms with Gasteiger partial charge in [-0.15, -0.1) is 0 Å². The second kappa shape index (κ2) is 6.25. The molecule has 5 nitrogen and oxygen atoms in total. The Morgan fingerprint density at radius 3 is 2.76 bits per heavy atom. The van der Waals surface area contributed by atoms with E-state index in [0.29, 0.717) is 24.4 Å². The lowest BCUT2D eigenvalue weighted by Crippen LogP contribution is -2.12. The van der Waals surface area contributed by atoms with Crippen molar-refractivity contribution in [3.05, 3.63) is 46.1 Å². The zero-order chi connectivity index (χ0) is 15.6. The number of halogens is 2. The molecule has 0 saturated carbocycles. The third kappa shape index (κ3) is 3.90. The molecule has 0 spiro atoms. The molecule has 114 valence electrons. The molecular weight excluding hydrogens is 361 g/mol. The van der Waals surface area contributed by atoms with Crippen LogP contribution in [0.4, 0.5) is 4.39 Å². The summed E-state index contributed by atoms with van der Waals surface area (Å²) in [6, 6.07) is 4.36. The van der Waals surface area contributed by atoms with Gasteiger partial charge in [0.1, 0.15) is 11.6 Å². The zero-order valence-electron chi connectivity index (χ0n) is 11.4. The topological polar surface area (TPSA) is 78.0 Å². The van der Waals surface area contributed by atoms with Gasteiger partial charge in [0.2, 0.25) is 0 Å². The molecule has 0 saturated heterocycles. The highest BCUT2D eigenvalue weighted by molar-refractivity contribution is 9.10. The van der Waals surface area contributed by atoms with Crippen molar-refractivity contribution in [2.75, 3.05) is 0 Å². The van der Waals surface area contributed by atoms with Crippen LogP contribution in [0.1, 0.15) is 24.7 Å². The first-order valence-corrected chi connectivity index (χ1v) is 8.68. The highest BCUT2D eigenvalue weighted by atomic mass is 79.9. The van der Waals surface area contributed by atoms with Crippen molar-refractivity contribution in [2.45, 2.75) is 31.3 Å². The molecule has 0 atom stereocenters. The molecule has 1 heterocycles. The van der Waals surface area contributed by atoms with Crippen LogP contribution in [0, 0.1) is 5.82 Å². The van der Waals surface area contributed by atoms with Gasteiger partial charge in [0, 0.05) is 17.1 Å². The van der Waals surface area contributed by atoms with Crippen molar-refractivity contribution < 1.29 is 12.8 Å². The predicted octanol–water partition coefficient (Wildman–Crippen LogP) is 2.43. The summed E-state index contributed by atoms with van der Waals surface area (Å²) in [5, 5.41) is 4.94. The number of hydrogen-bond donors (Lipinski definition) is 1. The van der Waals surface area contributed by atoms with Gasteiger partial charge in [-0.25, -0.2) is 22.9 Å². The first kappa shape index (κ1) is 16.1. The second-order valence-corrected chi connectivity index (χ2v) is 7.02. The van der Waals surface area contributed by atoms with Gasteiger partial charge >= 0.3 is 0 Å². The highest BCUT2D eigenvalue weighted by Gasteiger charge is 2.16. The van der Waals surface area contributed by atoms with Gasteiger partial charge in [-0.3, -0.25) is 0 Å². The average molecular weight is 376 g/mol. The number of benzene rings is 1. The van der Waals surface area contributed by atoms with Crippen molar-refractivity contribution in [1.29, 1.82) is 0 Å². The zero-order valence-corrected chi connectivity index (χ0v) is 13.8. The average Bonchev–Trinajstić information content (AvgIpc) is 2.78. The summed E-state index contributed by atoms with van der Waals surface area (Å²) in [5.41, 5.74) is 0.700. The van der Waals surface area contributed by atoms with E-state index in [1.165, 1.54) is 18.3 Å². The summed E-state index contributed by atoms with van der Waals surface area (Å²) in [7, 11) is -3.85. The Kier molecular flexibility index (Phi) is 4.80. The first-order valence-electron chi connectivity index (χ1n) is 6.34. The summed E-state index contributed by atoms with van der Waals surface area (Å²) in [6.07, 6.45) is 2.81. The lowest BCUT2D eigenvalue weighted by Gasteiger charge is -2.09. The Bertz CT molecular complexity index is 759. The minimum atomic E-state index is -3.85. The molecular formula is C13H15BrFN3O2S. The maximum atomic E-state index is 13.3. The van der Waals surface area contributed by atoms with E-state index in [0.717, 1.165) is 10.9 Å². The van der Waals surface area contributed by atoms with E-state index in [2.05, 4.69) is 20.9 Å².